The molecule has 3 saturated heterocycles. The molecule has 1 amide bonds. The molecule has 0 aliphatic carbocycles. The van der Waals surface area contributed by atoms with Crippen molar-refractivity contribution in [2.45, 2.75) is 64.6 Å². The van der Waals surface area contributed by atoms with Gasteiger partial charge >= 0.3 is 0 Å². The molecule has 3 fully saturated rings. The predicted octanol–water partition coefficient (Wildman–Crippen LogP) is 4.14. The minimum absolute atomic E-state index is 0.0619. The van der Waals surface area contributed by atoms with E-state index in [1.807, 2.05) is 20.8 Å². The van der Waals surface area contributed by atoms with E-state index in [1.165, 1.54) is 40.2 Å². The Hall–Kier alpha value is -3.40. The largest absolute Gasteiger partial charge is 0.451 e. The first-order valence-electron chi connectivity index (χ1n) is 16.0. The van der Waals surface area contributed by atoms with Gasteiger partial charge in [-0.3, -0.25) is 4.79 Å². The quantitative estimate of drug-likeness (QED) is 0.312. The van der Waals surface area contributed by atoms with E-state index in [4.69, 9.17) is 9.47 Å². The second-order valence-corrected chi connectivity index (χ2v) is 15.1. The number of likely N-dealkylation sites (tertiary alicyclic amines) is 1. The van der Waals surface area contributed by atoms with Gasteiger partial charge in [-0.05, 0) is 77.7 Å². The van der Waals surface area contributed by atoms with Crippen LogP contribution in [0.15, 0.2) is 36.1 Å². The van der Waals surface area contributed by atoms with E-state index in [-0.39, 0.29) is 40.8 Å². The van der Waals surface area contributed by atoms with Crippen LogP contribution < -0.4 is 13.9 Å². The summed E-state index contributed by atoms with van der Waals surface area (Å²) in [5.41, 5.74) is 0.327. The molecule has 6 rings (SSSR count). The number of hydrogen-bond acceptors (Lipinski definition) is 11. The molecule has 47 heavy (non-hydrogen) atoms. The molecule has 12 nitrogen and oxygen atoms in total. The van der Waals surface area contributed by atoms with Crippen molar-refractivity contribution in [3.05, 3.63) is 52.5 Å². The second kappa shape index (κ2) is 14.0. The molecule has 15 heteroatoms. The van der Waals surface area contributed by atoms with Crippen molar-refractivity contribution in [1.82, 2.24) is 24.8 Å². The number of nitrogens with zero attached hydrogens (tertiary/aromatic N) is 7. The number of hydrogen-bond donors (Lipinski definition) is 1. The number of benzene rings is 1. The molecule has 3 aromatic rings. The fourth-order valence-corrected chi connectivity index (χ4v) is 8.02. The van der Waals surface area contributed by atoms with E-state index in [9.17, 15) is 17.6 Å². The van der Waals surface area contributed by atoms with Gasteiger partial charge in [0.05, 0.1) is 35.5 Å². The van der Waals surface area contributed by atoms with Crippen LogP contribution in [0.4, 0.5) is 16.0 Å². The number of thiol groups is 1. The van der Waals surface area contributed by atoms with Gasteiger partial charge in [-0.2, -0.15) is 0 Å². The summed E-state index contributed by atoms with van der Waals surface area (Å²) in [6.45, 7) is 10.4. The Balaban J connectivity index is 1.02. The number of carbonyl (C=O) groups excluding carboxylic acids is 1. The smallest absolute Gasteiger partial charge is 0.257 e. The van der Waals surface area contributed by atoms with Gasteiger partial charge < -0.3 is 24.2 Å². The SMILES string of the molecule is Cc1nc(N([C@@H]2CC[C@@H](CN3CCC4(CC3)CN(c3ncncc3Oc3ccc(F)cc3C(=O)N(C)C(C)C)C4)OC2)[SH](=O)=O)cs1. The average molecular weight is 688 g/mol. The van der Waals surface area contributed by atoms with Gasteiger partial charge in [-0.15, -0.1) is 11.3 Å². The molecule has 3 aliphatic heterocycles. The summed E-state index contributed by atoms with van der Waals surface area (Å²) in [5, 5.41) is 2.62. The molecule has 1 spiro atoms. The molecule has 2 aromatic heterocycles. The Bertz CT molecular complexity index is 1640. The minimum atomic E-state index is -2.79. The van der Waals surface area contributed by atoms with Gasteiger partial charge in [-0.25, -0.2) is 32.1 Å². The lowest BCUT2D eigenvalue weighted by Crippen LogP contribution is -2.61. The van der Waals surface area contributed by atoms with Gasteiger partial charge in [0.1, 0.15) is 17.9 Å². The summed E-state index contributed by atoms with van der Waals surface area (Å²) >= 11 is 1.44. The Morgan fingerprint density at radius 1 is 1.21 bits per heavy atom. The summed E-state index contributed by atoms with van der Waals surface area (Å²) in [5.74, 6) is 0.978. The van der Waals surface area contributed by atoms with Crippen LogP contribution in [0.1, 0.15) is 54.9 Å². The maximum atomic E-state index is 14.2. The van der Waals surface area contributed by atoms with Crippen LogP contribution in [0.3, 0.4) is 0 Å². The summed E-state index contributed by atoms with van der Waals surface area (Å²) in [6, 6.07) is 3.66. The van der Waals surface area contributed by atoms with Crippen molar-refractivity contribution in [3.8, 4) is 11.5 Å². The zero-order chi connectivity index (χ0) is 33.3. The zero-order valence-electron chi connectivity index (χ0n) is 27.2. The Labute approximate surface area is 280 Å². The van der Waals surface area contributed by atoms with Crippen LogP contribution in [-0.2, 0) is 15.6 Å². The number of aromatic nitrogens is 3. The first kappa shape index (κ1) is 33.5. The molecule has 0 unspecified atom stereocenters. The monoisotopic (exact) mass is 687 g/mol. The van der Waals surface area contributed by atoms with Gasteiger partial charge in [0.15, 0.2) is 17.4 Å². The molecule has 5 heterocycles. The number of aryl methyl sites for hydroxylation is 1. The fourth-order valence-electron chi connectivity index (χ4n) is 6.64. The van der Waals surface area contributed by atoms with Gasteiger partial charge in [-0.1, -0.05) is 0 Å². The molecule has 0 saturated carbocycles. The number of thiazole rings is 1. The molecule has 0 N–H and O–H groups in total. The van der Waals surface area contributed by atoms with Crippen LogP contribution in [0.25, 0.3) is 0 Å². The first-order valence-corrected chi connectivity index (χ1v) is 18.0. The maximum absolute atomic E-state index is 14.2. The lowest BCUT2D eigenvalue weighted by molar-refractivity contribution is -0.0269. The molecule has 0 radical (unpaired) electrons. The highest BCUT2D eigenvalue weighted by atomic mass is 32.2. The van der Waals surface area contributed by atoms with Gasteiger partial charge in [0.25, 0.3) is 5.91 Å². The number of halogens is 1. The third-order valence-corrected chi connectivity index (χ3v) is 11.2. The van der Waals surface area contributed by atoms with E-state index in [1.54, 1.807) is 23.5 Å². The second-order valence-electron chi connectivity index (χ2n) is 13.1. The van der Waals surface area contributed by atoms with Crippen molar-refractivity contribution in [2.75, 3.05) is 55.6 Å². The number of carbonyl (C=O) groups is 1. The summed E-state index contributed by atoms with van der Waals surface area (Å²) in [6.07, 6.45) is 6.78. The van der Waals surface area contributed by atoms with E-state index in [0.717, 1.165) is 63.4 Å². The normalized spacial score (nSPS) is 21.2. The van der Waals surface area contributed by atoms with Crippen molar-refractivity contribution >= 4 is 39.8 Å². The number of ether oxygens (including phenoxy) is 2. The molecule has 2 atom stereocenters. The Morgan fingerprint density at radius 3 is 2.62 bits per heavy atom. The van der Waals surface area contributed by atoms with E-state index >= 15 is 0 Å². The molecule has 254 valence electrons. The van der Waals surface area contributed by atoms with Crippen LogP contribution in [0.2, 0.25) is 0 Å². The maximum Gasteiger partial charge on any atom is 0.257 e. The topological polar surface area (TPSA) is 121 Å². The van der Waals surface area contributed by atoms with Crippen molar-refractivity contribution in [2.24, 2.45) is 5.41 Å². The zero-order valence-corrected chi connectivity index (χ0v) is 28.9. The van der Waals surface area contributed by atoms with Crippen LogP contribution in [0.5, 0.6) is 11.5 Å². The van der Waals surface area contributed by atoms with Crippen LogP contribution in [-0.4, -0.2) is 104 Å². The van der Waals surface area contributed by atoms with Gasteiger partial charge in [0, 0.05) is 43.5 Å². The Kier molecular flexibility index (Phi) is 9.97. The van der Waals surface area contributed by atoms with E-state index in [0.29, 0.717) is 24.0 Å². The highest BCUT2D eigenvalue weighted by molar-refractivity contribution is 7.74. The van der Waals surface area contributed by atoms with Crippen LogP contribution >= 0.6 is 11.3 Å². The van der Waals surface area contributed by atoms with E-state index in [2.05, 4.69) is 24.8 Å². The highest BCUT2D eigenvalue weighted by Gasteiger charge is 2.46. The third-order valence-electron chi connectivity index (χ3n) is 9.59. The van der Waals surface area contributed by atoms with Crippen molar-refractivity contribution in [3.63, 3.8) is 0 Å². The van der Waals surface area contributed by atoms with E-state index < -0.39 is 16.7 Å². The van der Waals surface area contributed by atoms with Gasteiger partial charge in [0.2, 0.25) is 10.9 Å². The summed E-state index contributed by atoms with van der Waals surface area (Å²) < 4.78 is 52.0. The Morgan fingerprint density at radius 2 is 1.98 bits per heavy atom. The molecule has 0 bridgehead atoms. The third kappa shape index (κ3) is 7.37. The summed E-state index contributed by atoms with van der Waals surface area (Å²) in [7, 11) is -1.11. The van der Waals surface area contributed by atoms with Crippen LogP contribution in [0, 0.1) is 18.2 Å². The highest BCUT2D eigenvalue weighted by Crippen LogP contribution is 2.45. The lowest BCUT2D eigenvalue weighted by atomic mass is 9.72. The number of anilines is 2. The molecular weight excluding hydrogens is 646 g/mol. The standard InChI is InChI=1S/C32H42FN7O5S2/c1-21(2)37(4)31(41)26-13-23(33)5-8-27(26)45-28-14-34-20-35-30(28)39-18-32(19-39)9-11-38(12-10-32)15-25-7-6-24(16-44-25)40(47(42)43)29-17-46-22(3)36-29/h5,8,13-14,17,20-21,24-25,47H,6-7,9-12,15-16,18-19H2,1-4H3/t24-,25+/m1/s1. The number of rotatable bonds is 10. The fraction of sp³-hybridized carbons (Fsp3) is 0.562. The number of amides is 1. The predicted molar refractivity (Wildman–Crippen MR) is 178 cm³/mol. The first-order chi connectivity index (χ1) is 22.5. The molecular formula is C32H42FN7O5S2. The molecule has 1 aromatic carbocycles. The lowest BCUT2D eigenvalue weighted by Gasteiger charge is -2.54. The average Bonchev–Trinajstić information content (AvgIpc) is 3.46. The minimum Gasteiger partial charge on any atom is -0.451 e. The summed E-state index contributed by atoms with van der Waals surface area (Å²) in [4.78, 5) is 32.3. The van der Waals surface area contributed by atoms with Crippen molar-refractivity contribution in [1.29, 1.82) is 0 Å². The molecule has 3 aliphatic rings. The number of piperidine rings is 1. The van der Waals surface area contributed by atoms with Crippen molar-refractivity contribution < 1.29 is 27.1 Å².